The summed E-state index contributed by atoms with van der Waals surface area (Å²) in [7, 11) is 0. The van der Waals surface area contributed by atoms with E-state index in [9.17, 15) is 9.59 Å². The lowest BCUT2D eigenvalue weighted by molar-refractivity contribution is -0.122. The first kappa shape index (κ1) is 22.0. The monoisotopic (exact) mass is 435 g/mol. The number of hydrogen-bond acceptors (Lipinski definition) is 3. The molecule has 0 aliphatic carbocycles. The minimum atomic E-state index is -0.473. The summed E-state index contributed by atoms with van der Waals surface area (Å²) < 4.78 is 0. The van der Waals surface area contributed by atoms with E-state index in [1.807, 2.05) is 97.1 Å². The number of nitrogens with zero attached hydrogens (tertiary/aromatic N) is 1. The van der Waals surface area contributed by atoms with E-state index < -0.39 is 6.04 Å². The van der Waals surface area contributed by atoms with E-state index in [2.05, 4.69) is 15.6 Å². The molecule has 5 heteroatoms. The van der Waals surface area contributed by atoms with Gasteiger partial charge in [-0.3, -0.25) is 14.6 Å². The van der Waals surface area contributed by atoms with Crippen molar-refractivity contribution in [1.82, 2.24) is 15.6 Å². The predicted molar refractivity (Wildman–Crippen MR) is 128 cm³/mol. The van der Waals surface area contributed by atoms with Crippen molar-refractivity contribution >= 4 is 11.8 Å². The normalized spacial score (nSPS) is 12.4. The number of benzene rings is 3. The third-order valence-electron chi connectivity index (χ3n) is 5.35. The number of aromatic nitrogens is 1. The molecule has 0 saturated carbocycles. The van der Waals surface area contributed by atoms with E-state index >= 15 is 0 Å². The summed E-state index contributed by atoms with van der Waals surface area (Å²) in [6.45, 7) is 0. The van der Waals surface area contributed by atoms with Gasteiger partial charge >= 0.3 is 0 Å². The average molecular weight is 436 g/mol. The summed E-state index contributed by atoms with van der Waals surface area (Å²) in [6, 6.07) is 33.0. The summed E-state index contributed by atoms with van der Waals surface area (Å²) in [5.41, 5.74) is 3.11. The molecule has 5 nitrogen and oxygen atoms in total. The Labute approximate surface area is 193 Å². The number of pyridine rings is 1. The number of nitrogens with one attached hydrogen (secondary N) is 2. The van der Waals surface area contributed by atoms with Gasteiger partial charge in [0, 0.05) is 11.8 Å². The second-order valence-corrected chi connectivity index (χ2v) is 7.67. The minimum Gasteiger partial charge on any atom is -0.345 e. The van der Waals surface area contributed by atoms with Crippen molar-refractivity contribution in [2.75, 3.05) is 0 Å². The maximum atomic E-state index is 13.2. The Morgan fingerprint density at radius 1 is 0.667 bits per heavy atom. The second kappa shape index (κ2) is 10.9. The largest absolute Gasteiger partial charge is 0.345 e. The summed E-state index contributed by atoms with van der Waals surface area (Å²) in [5.74, 6) is -0.404. The van der Waals surface area contributed by atoms with Gasteiger partial charge in [0.05, 0.1) is 24.2 Å². The lowest BCUT2D eigenvalue weighted by Crippen LogP contribution is -2.35. The molecule has 2 unspecified atom stereocenters. The van der Waals surface area contributed by atoms with E-state index in [4.69, 9.17) is 0 Å². The summed E-state index contributed by atoms with van der Waals surface area (Å²) in [4.78, 5) is 30.5. The van der Waals surface area contributed by atoms with Gasteiger partial charge < -0.3 is 10.6 Å². The van der Waals surface area contributed by atoms with Crippen LogP contribution in [0.4, 0.5) is 0 Å². The van der Waals surface area contributed by atoms with Crippen LogP contribution in [0.3, 0.4) is 0 Å². The van der Waals surface area contributed by atoms with Crippen LogP contribution in [-0.2, 0) is 4.79 Å². The molecule has 4 rings (SSSR count). The smallest absolute Gasteiger partial charge is 0.251 e. The van der Waals surface area contributed by atoms with Crippen molar-refractivity contribution in [2.45, 2.75) is 18.5 Å². The van der Waals surface area contributed by atoms with Gasteiger partial charge in [-0.2, -0.15) is 0 Å². The van der Waals surface area contributed by atoms with Gasteiger partial charge in [-0.25, -0.2) is 0 Å². The van der Waals surface area contributed by atoms with Crippen LogP contribution in [0.15, 0.2) is 115 Å². The van der Waals surface area contributed by atoms with Crippen LogP contribution in [-0.4, -0.2) is 16.8 Å². The molecule has 164 valence electrons. The lowest BCUT2D eigenvalue weighted by Gasteiger charge is -2.22. The zero-order chi connectivity index (χ0) is 22.9. The molecule has 3 aromatic carbocycles. The fourth-order valence-corrected chi connectivity index (χ4v) is 3.69. The fraction of sp³-hybridized carbons (Fsp3) is 0.107. The Bertz CT molecular complexity index is 1130. The minimum absolute atomic E-state index is 0.0960. The molecular weight excluding hydrogens is 410 g/mol. The lowest BCUT2D eigenvalue weighted by atomic mass is 10.00. The fourth-order valence-electron chi connectivity index (χ4n) is 3.69. The SMILES string of the molecule is O=C(CC(NC(=O)c1ccccc1)c1ccccc1)NC(c1ccccc1)c1ccccn1. The van der Waals surface area contributed by atoms with Crippen LogP contribution in [0.5, 0.6) is 0 Å². The van der Waals surface area contributed by atoms with Crippen molar-refractivity contribution in [3.8, 4) is 0 Å². The Hall–Kier alpha value is -4.25. The maximum absolute atomic E-state index is 13.2. The number of carbonyl (C=O) groups excluding carboxylic acids is 2. The van der Waals surface area contributed by atoms with Crippen LogP contribution in [0.2, 0.25) is 0 Å². The molecule has 0 radical (unpaired) electrons. The molecule has 2 amide bonds. The van der Waals surface area contributed by atoms with Crippen LogP contribution in [0.1, 0.15) is 45.7 Å². The van der Waals surface area contributed by atoms with Gasteiger partial charge in [0.15, 0.2) is 0 Å². The molecule has 2 N–H and O–H groups in total. The summed E-state index contributed by atoms with van der Waals surface area (Å²) in [6.07, 6.45) is 1.81. The average Bonchev–Trinajstić information content (AvgIpc) is 2.89. The molecule has 0 aliphatic rings. The van der Waals surface area contributed by atoms with Gasteiger partial charge in [-0.05, 0) is 35.4 Å². The number of amides is 2. The van der Waals surface area contributed by atoms with Crippen molar-refractivity contribution in [2.24, 2.45) is 0 Å². The molecular formula is C28H25N3O2. The first-order valence-corrected chi connectivity index (χ1v) is 10.9. The molecule has 1 heterocycles. The van der Waals surface area contributed by atoms with E-state index in [1.165, 1.54) is 0 Å². The molecule has 0 bridgehead atoms. The molecule has 0 fully saturated rings. The molecule has 0 saturated heterocycles. The highest BCUT2D eigenvalue weighted by atomic mass is 16.2. The molecule has 2 atom stereocenters. The zero-order valence-electron chi connectivity index (χ0n) is 18.1. The first-order chi connectivity index (χ1) is 16.2. The van der Waals surface area contributed by atoms with Gasteiger partial charge in [0.2, 0.25) is 5.91 Å². The molecule has 1 aromatic heterocycles. The van der Waals surface area contributed by atoms with Gasteiger partial charge in [-0.1, -0.05) is 84.9 Å². The highest BCUT2D eigenvalue weighted by molar-refractivity contribution is 5.94. The maximum Gasteiger partial charge on any atom is 0.251 e. The standard InChI is InChI=1S/C28H25N3O2/c32-26(31-27(22-14-6-2-7-15-22)24-18-10-11-19-29-24)20-25(21-12-4-1-5-13-21)30-28(33)23-16-8-3-9-17-23/h1-19,25,27H,20H2,(H,30,33)(H,31,32). The van der Waals surface area contributed by atoms with E-state index in [0.717, 1.165) is 16.8 Å². The van der Waals surface area contributed by atoms with E-state index in [0.29, 0.717) is 5.56 Å². The van der Waals surface area contributed by atoms with Crippen LogP contribution in [0.25, 0.3) is 0 Å². The van der Waals surface area contributed by atoms with E-state index in [1.54, 1.807) is 18.3 Å². The van der Waals surface area contributed by atoms with Crippen molar-refractivity contribution in [3.63, 3.8) is 0 Å². The Morgan fingerprint density at radius 2 is 1.24 bits per heavy atom. The van der Waals surface area contributed by atoms with Crippen molar-refractivity contribution < 1.29 is 9.59 Å². The Balaban J connectivity index is 1.55. The summed E-state index contributed by atoms with van der Waals surface area (Å²) >= 11 is 0. The molecule has 0 aliphatic heterocycles. The summed E-state index contributed by atoms with van der Waals surface area (Å²) in [5, 5.41) is 6.13. The van der Waals surface area contributed by atoms with Crippen molar-refractivity contribution in [3.05, 3.63) is 138 Å². The highest BCUT2D eigenvalue weighted by Gasteiger charge is 2.23. The second-order valence-electron chi connectivity index (χ2n) is 7.67. The topological polar surface area (TPSA) is 71.1 Å². The van der Waals surface area contributed by atoms with E-state index in [-0.39, 0.29) is 24.3 Å². The Kier molecular flexibility index (Phi) is 7.23. The van der Waals surface area contributed by atoms with Gasteiger partial charge in [0.1, 0.15) is 0 Å². The van der Waals surface area contributed by atoms with Crippen LogP contribution >= 0.6 is 0 Å². The first-order valence-electron chi connectivity index (χ1n) is 10.9. The third kappa shape index (κ3) is 5.92. The molecule has 0 spiro atoms. The van der Waals surface area contributed by atoms with Crippen LogP contribution < -0.4 is 10.6 Å². The predicted octanol–water partition coefficient (Wildman–Crippen LogP) is 4.85. The van der Waals surface area contributed by atoms with Crippen molar-refractivity contribution in [1.29, 1.82) is 0 Å². The van der Waals surface area contributed by atoms with Gasteiger partial charge in [0.25, 0.3) is 5.91 Å². The van der Waals surface area contributed by atoms with Crippen LogP contribution in [0, 0.1) is 0 Å². The number of rotatable bonds is 8. The molecule has 33 heavy (non-hydrogen) atoms. The zero-order valence-corrected chi connectivity index (χ0v) is 18.1. The highest BCUT2D eigenvalue weighted by Crippen LogP contribution is 2.22. The van der Waals surface area contributed by atoms with Gasteiger partial charge in [-0.15, -0.1) is 0 Å². The third-order valence-corrected chi connectivity index (χ3v) is 5.35. The number of hydrogen-bond donors (Lipinski definition) is 2. The number of carbonyl (C=O) groups is 2. The molecule has 4 aromatic rings. The quantitative estimate of drug-likeness (QED) is 0.416. The Morgan fingerprint density at radius 3 is 1.85 bits per heavy atom.